The minimum Gasteiger partial charge on any atom is -0.482 e. The topological polar surface area (TPSA) is 35.5 Å². The first-order valence-electron chi connectivity index (χ1n) is 8.04. The number of halogens is 1. The largest absolute Gasteiger partial charge is 0.482 e. The summed E-state index contributed by atoms with van der Waals surface area (Å²) in [6.45, 7) is 1.71. The molecule has 0 amide bonds. The van der Waals surface area contributed by atoms with Crippen molar-refractivity contribution in [1.29, 1.82) is 0 Å². The summed E-state index contributed by atoms with van der Waals surface area (Å²) < 4.78 is 11.3. The maximum absolute atomic E-state index is 12.0. The molecule has 0 unspecified atom stereocenters. The quantitative estimate of drug-likeness (QED) is 0.494. The lowest BCUT2D eigenvalue weighted by atomic mass is 10.2. The van der Waals surface area contributed by atoms with Crippen LogP contribution < -0.4 is 9.47 Å². The van der Waals surface area contributed by atoms with E-state index in [0.29, 0.717) is 21.1 Å². The number of hydrogen-bond acceptors (Lipinski definition) is 5. The van der Waals surface area contributed by atoms with Gasteiger partial charge in [0.25, 0.3) is 0 Å². The number of rotatable bonds is 5. The van der Waals surface area contributed by atoms with E-state index in [1.54, 1.807) is 18.2 Å². The molecule has 1 saturated heterocycles. The Labute approximate surface area is 161 Å². The molecule has 0 aliphatic carbocycles. The van der Waals surface area contributed by atoms with Gasteiger partial charge in [0.1, 0.15) is 11.5 Å². The van der Waals surface area contributed by atoms with Crippen molar-refractivity contribution in [2.45, 2.75) is 17.9 Å². The second-order valence-electron chi connectivity index (χ2n) is 5.67. The Bertz CT molecular complexity index is 728. The van der Waals surface area contributed by atoms with Crippen LogP contribution in [0.15, 0.2) is 42.5 Å². The zero-order chi connectivity index (χ0) is 17.6. The average molecular weight is 395 g/mol. The van der Waals surface area contributed by atoms with Gasteiger partial charge in [-0.3, -0.25) is 0 Å². The summed E-state index contributed by atoms with van der Waals surface area (Å²) in [7, 11) is 0. The third-order valence-electron chi connectivity index (χ3n) is 3.70. The Morgan fingerprint density at radius 3 is 2.56 bits per heavy atom. The third-order valence-corrected chi connectivity index (χ3v) is 6.95. The lowest BCUT2D eigenvalue weighted by Crippen LogP contribution is -2.18. The summed E-state index contributed by atoms with van der Waals surface area (Å²) >= 11 is 9.86. The molecule has 0 saturated carbocycles. The van der Waals surface area contributed by atoms with E-state index < -0.39 is 5.97 Å². The summed E-state index contributed by atoms with van der Waals surface area (Å²) in [5.41, 5.74) is 2.11. The van der Waals surface area contributed by atoms with E-state index in [-0.39, 0.29) is 6.61 Å². The van der Waals surface area contributed by atoms with Crippen LogP contribution in [0.3, 0.4) is 0 Å². The maximum Gasteiger partial charge on any atom is 0.349 e. The van der Waals surface area contributed by atoms with E-state index >= 15 is 0 Å². The molecular formula is C19H19ClO3S2. The number of benzene rings is 2. The van der Waals surface area contributed by atoms with Crippen molar-refractivity contribution in [2.75, 3.05) is 18.1 Å². The van der Waals surface area contributed by atoms with Crippen LogP contribution in [-0.4, -0.2) is 24.1 Å². The fourth-order valence-electron chi connectivity index (χ4n) is 2.42. The predicted octanol–water partition coefficient (Wildman–Crippen LogP) is 5.50. The van der Waals surface area contributed by atoms with Crippen molar-refractivity contribution < 1.29 is 14.3 Å². The van der Waals surface area contributed by atoms with E-state index in [1.165, 1.54) is 23.5 Å². The molecule has 3 rings (SSSR count). The molecule has 2 aromatic carbocycles. The normalized spacial score (nSPS) is 15.0. The standard InChI is InChI=1S/C19H19ClO3S2/c1-13-11-15(20)5-8-17(13)23-18(21)12-22-16-6-3-14(4-7-16)19-24-9-2-10-25-19/h3-8,11,19H,2,9-10,12H2,1H3. The second kappa shape index (κ2) is 8.88. The van der Waals surface area contributed by atoms with Gasteiger partial charge in [-0.25, -0.2) is 4.79 Å². The summed E-state index contributed by atoms with van der Waals surface area (Å²) in [6, 6.07) is 13.1. The van der Waals surface area contributed by atoms with Gasteiger partial charge in [0.2, 0.25) is 0 Å². The van der Waals surface area contributed by atoms with Crippen LogP contribution in [-0.2, 0) is 4.79 Å². The number of ether oxygens (including phenoxy) is 2. The van der Waals surface area contributed by atoms with Crippen molar-refractivity contribution in [3.05, 3.63) is 58.6 Å². The molecule has 6 heteroatoms. The maximum atomic E-state index is 12.0. The first-order chi connectivity index (χ1) is 12.1. The Morgan fingerprint density at radius 2 is 1.88 bits per heavy atom. The molecule has 0 atom stereocenters. The van der Waals surface area contributed by atoms with Gasteiger partial charge in [0.15, 0.2) is 6.61 Å². The van der Waals surface area contributed by atoms with Gasteiger partial charge >= 0.3 is 5.97 Å². The molecule has 2 aromatic rings. The highest BCUT2D eigenvalue weighted by Gasteiger charge is 2.16. The van der Waals surface area contributed by atoms with Gasteiger partial charge in [-0.05, 0) is 66.3 Å². The van der Waals surface area contributed by atoms with Crippen molar-refractivity contribution in [3.63, 3.8) is 0 Å². The zero-order valence-electron chi connectivity index (χ0n) is 13.9. The number of esters is 1. The molecule has 132 valence electrons. The highest BCUT2D eigenvalue weighted by molar-refractivity contribution is 8.16. The minimum atomic E-state index is -0.437. The van der Waals surface area contributed by atoms with E-state index in [4.69, 9.17) is 21.1 Å². The minimum absolute atomic E-state index is 0.131. The van der Waals surface area contributed by atoms with Gasteiger partial charge < -0.3 is 9.47 Å². The van der Waals surface area contributed by atoms with Crippen molar-refractivity contribution in [2.24, 2.45) is 0 Å². The molecular weight excluding hydrogens is 376 g/mol. The fourth-order valence-corrected chi connectivity index (χ4v) is 5.54. The van der Waals surface area contributed by atoms with Gasteiger partial charge in [-0.1, -0.05) is 23.7 Å². The molecule has 1 heterocycles. The first kappa shape index (κ1) is 18.5. The van der Waals surface area contributed by atoms with Crippen molar-refractivity contribution >= 4 is 41.1 Å². The first-order valence-corrected chi connectivity index (χ1v) is 10.5. The zero-order valence-corrected chi connectivity index (χ0v) is 16.3. The molecule has 3 nitrogen and oxygen atoms in total. The van der Waals surface area contributed by atoms with Crippen LogP contribution in [0.5, 0.6) is 11.5 Å². The Hall–Kier alpha value is -1.30. The van der Waals surface area contributed by atoms with Gasteiger partial charge in [0, 0.05) is 5.02 Å². The molecule has 0 aromatic heterocycles. The second-order valence-corrected chi connectivity index (χ2v) is 8.83. The van der Waals surface area contributed by atoms with Crippen molar-refractivity contribution in [3.8, 4) is 11.5 Å². The van der Waals surface area contributed by atoms with Crippen LogP contribution >= 0.6 is 35.1 Å². The number of carbonyl (C=O) groups excluding carboxylic acids is 1. The number of thioether (sulfide) groups is 2. The van der Waals surface area contributed by atoms with Crippen LogP contribution in [0, 0.1) is 6.92 Å². The Morgan fingerprint density at radius 1 is 1.16 bits per heavy atom. The van der Waals surface area contributed by atoms with Gasteiger partial charge in [-0.2, -0.15) is 0 Å². The summed E-state index contributed by atoms with van der Waals surface area (Å²) in [5, 5.41) is 0.614. The fraction of sp³-hybridized carbons (Fsp3) is 0.316. The Kier molecular flexibility index (Phi) is 6.57. The average Bonchev–Trinajstić information content (AvgIpc) is 2.63. The molecule has 0 N–H and O–H groups in total. The number of hydrogen-bond donors (Lipinski definition) is 0. The molecule has 1 aliphatic rings. The molecule has 0 spiro atoms. The van der Waals surface area contributed by atoms with E-state index in [9.17, 15) is 4.79 Å². The van der Waals surface area contributed by atoms with Gasteiger partial charge in [-0.15, -0.1) is 23.5 Å². The monoisotopic (exact) mass is 394 g/mol. The van der Waals surface area contributed by atoms with E-state index in [2.05, 4.69) is 12.1 Å². The number of aryl methyl sites for hydroxylation is 1. The molecule has 0 radical (unpaired) electrons. The highest BCUT2D eigenvalue weighted by Crippen LogP contribution is 2.43. The highest BCUT2D eigenvalue weighted by atomic mass is 35.5. The number of carbonyl (C=O) groups is 1. The summed E-state index contributed by atoms with van der Waals surface area (Å²) in [5.74, 6) is 3.16. The smallest absolute Gasteiger partial charge is 0.349 e. The third kappa shape index (κ3) is 5.33. The predicted molar refractivity (Wildman–Crippen MR) is 106 cm³/mol. The molecule has 1 aliphatic heterocycles. The van der Waals surface area contributed by atoms with E-state index in [1.807, 2.05) is 42.6 Å². The van der Waals surface area contributed by atoms with E-state index in [0.717, 1.165) is 5.56 Å². The van der Waals surface area contributed by atoms with Crippen LogP contribution in [0.2, 0.25) is 5.02 Å². The summed E-state index contributed by atoms with van der Waals surface area (Å²) in [6.07, 6.45) is 1.28. The van der Waals surface area contributed by atoms with Crippen LogP contribution in [0.1, 0.15) is 22.1 Å². The molecule has 25 heavy (non-hydrogen) atoms. The molecule has 1 fully saturated rings. The SMILES string of the molecule is Cc1cc(Cl)ccc1OC(=O)COc1ccc(C2SCCCS2)cc1. The summed E-state index contributed by atoms with van der Waals surface area (Å²) in [4.78, 5) is 12.0. The van der Waals surface area contributed by atoms with Crippen LogP contribution in [0.25, 0.3) is 0 Å². The van der Waals surface area contributed by atoms with Crippen LogP contribution in [0.4, 0.5) is 0 Å². The lowest BCUT2D eigenvalue weighted by Gasteiger charge is -2.21. The Balaban J connectivity index is 1.51. The van der Waals surface area contributed by atoms with Crippen molar-refractivity contribution in [1.82, 2.24) is 0 Å². The lowest BCUT2D eigenvalue weighted by molar-refractivity contribution is -0.136. The molecule has 0 bridgehead atoms. The van der Waals surface area contributed by atoms with Gasteiger partial charge in [0.05, 0.1) is 4.58 Å².